The first-order valence-corrected chi connectivity index (χ1v) is 8.76. The molecule has 0 spiro atoms. The minimum absolute atomic E-state index is 0.395. The van der Waals surface area contributed by atoms with Crippen molar-refractivity contribution in [3.8, 4) is 11.3 Å². The highest BCUT2D eigenvalue weighted by Crippen LogP contribution is 2.19. The van der Waals surface area contributed by atoms with Crippen LogP contribution in [0, 0.1) is 0 Å². The molecule has 1 unspecified atom stereocenters. The summed E-state index contributed by atoms with van der Waals surface area (Å²) in [7, 11) is 1.76. The van der Waals surface area contributed by atoms with Crippen molar-refractivity contribution >= 4 is 5.96 Å². The average molecular weight is 348 g/mol. The summed E-state index contributed by atoms with van der Waals surface area (Å²) >= 11 is 0. The van der Waals surface area contributed by atoms with Gasteiger partial charge in [0.1, 0.15) is 5.69 Å². The van der Waals surface area contributed by atoms with Crippen molar-refractivity contribution in [2.45, 2.75) is 19.4 Å². The molecule has 0 aliphatic rings. The number of benzene rings is 2. The zero-order valence-corrected chi connectivity index (χ0v) is 15.1. The lowest BCUT2D eigenvalue weighted by Gasteiger charge is -2.15. The van der Waals surface area contributed by atoms with E-state index in [2.05, 4.69) is 52.0 Å². The van der Waals surface area contributed by atoms with Gasteiger partial charge in [-0.05, 0) is 11.5 Å². The number of nitrogens with one attached hydrogen (secondary N) is 2. The molecular formula is C21H24N4O. The minimum Gasteiger partial charge on any atom is -0.356 e. The fourth-order valence-corrected chi connectivity index (χ4v) is 2.68. The highest BCUT2D eigenvalue weighted by Gasteiger charge is 2.09. The summed E-state index contributed by atoms with van der Waals surface area (Å²) in [4.78, 5) is 4.27. The van der Waals surface area contributed by atoms with Gasteiger partial charge in [-0.3, -0.25) is 4.99 Å². The maximum atomic E-state index is 5.42. The molecule has 26 heavy (non-hydrogen) atoms. The van der Waals surface area contributed by atoms with E-state index in [-0.39, 0.29) is 0 Å². The fourth-order valence-electron chi connectivity index (χ4n) is 2.68. The van der Waals surface area contributed by atoms with Crippen LogP contribution in [0.15, 0.2) is 76.2 Å². The third kappa shape index (κ3) is 4.72. The average Bonchev–Trinajstić information content (AvgIpc) is 3.18. The van der Waals surface area contributed by atoms with Crippen molar-refractivity contribution in [1.29, 1.82) is 0 Å². The smallest absolute Gasteiger partial charge is 0.191 e. The maximum Gasteiger partial charge on any atom is 0.191 e. The van der Waals surface area contributed by atoms with E-state index in [1.54, 1.807) is 7.05 Å². The fraction of sp³-hybridized carbons (Fsp3) is 0.238. The molecule has 0 aliphatic heterocycles. The quantitative estimate of drug-likeness (QED) is 0.525. The number of nitrogens with zero attached hydrogens (tertiary/aromatic N) is 2. The molecule has 0 amide bonds. The van der Waals surface area contributed by atoms with Crippen LogP contribution in [0.2, 0.25) is 0 Å². The minimum atomic E-state index is 0.395. The van der Waals surface area contributed by atoms with E-state index in [0.717, 1.165) is 29.5 Å². The van der Waals surface area contributed by atoms with Crippen LogP contribution >= 0.6 is 0 Å². The van der Waals surface area contributed by atoms with E-state index < -0.39 is 0 Å². The monoisotopic (exact) mass is 348 g/mol. The molecular weight excluding hydrogens is 324 g/mol. The van der Waals surface area contributed by atoms with Gasteiger partial charge in [-0.1, -0.05) is 72.7 Å². The Morgan fingerprint density at radius 3 is 2.42 bits per heavy atom. The van der Waals surface area contributed by atoms with Crippen molar-refractivity contribution in [3.63, 3.8) is 0 Å². The predicted molar refractivity (Wildman–Crippen MR) is 105 cm³/mol. The molecule has 0 radical (unpaired) electrons. The molecule has 0 aliphatic carbocycles. The van der Waals surface area contributed by atoms with Gasteiger partial charge in [-0.25, -0.2) is 0 Å². The van der Waals surface area contributed by atoms with E-state index in [9.17, 15) is 0 Å². The number of hydrogen-bond acceptors (Lipinski definition) is 3. The Hall–Kier alpha value is -3.08. The lowest BCUT2D eigenvalue weighted by Crippen LogP contribution is -2.38. The van der Waals surface area contributed by atoms with Gasteiger partial charge in [0.15, 0.2) is 11.7 Å². The zero-order valence-electron chi connectivity index (χ0n) is 15.1. The second-order valence-corrected chi connectivity index (χ2v) is 6.17. The number of aromatic nitrogens is 1. The van der Waals surface area contributed by atoms with E-state index in [1.165, 1.54) is 5.56 Å². The van der Waals surface area contributed by atoms with E-state index in [4.69, 9.17) is 4.52 Å². The molecule has 0 saturated carbocycles. The van der Waals surface area contributed by atoms with Crippen molar-refractivity contribution in [3.05, 3.63) is 78.0 Å². The Morgan fingerprint density at radius 1 is 1.04 bits per heavy atom. The van der Waals surface area contributed by atoms with Crippen LogP contribution in [-0.4, -0.2) is 24.7 Å². The van der Waals surface area contributed by atoms with Gasteiger partial charge in [0.25, 0.3) is 0 Å². The first-order valence-electron chi connectivity index (χ1n) is 8.76. The number of guanidine groups is 1. The third-order valence-corrected chi connectivity index (χ3v) is 4.22. The van der Waals surface area contributed by atoms with Crippen LogP contribution in [-0.2, 0) is 6.54 Å². The first kappa shape index (κ1) is 17.7. The second-order valence-electron chi connectivity index (χ2n) is 6.17. The molecule has 2 N–H and O–H groups in total. The van der Waals surface area contributed by atoms with Crippen molar-refractivity contribution in [2.24, 2.45) is 4.99 Å². The van der Waals surface area contributed by atoms with E-state index in [0.29, 0.717) is 12.5 Å². The van der Waals surface area contributed by atoms with Crippen LogP contribution in [0.5, 0.6) is 0 Å². The van der Waals surface area contributed by atoms with Crippen LogP contribution < -0.4 is 10.6 Å². The highest BCUT2D eigenvalue weighted by atomic mass is 16.5. The van der Waals surface area contributed by atoms with Crippen LogP contribution in [0.25, 0.3) is 11.3 Å². The van der Waals surface area contributed by atoms with Crippen molar-refractivity contribution in [2.75, 3.05) is 13.6 Å². The predicted octanol–water partition coefficient (Wildman–Crippen LogP) is 3.81. The summed E-state index contributed by atoms with van der Waals surface area (Å²) < 4.78 is 5.42. The van der Waals surface area contributed by atoms with Crippen LogP contribution in [0.4, 0.5) is 0 Å². The molecule has 5 nitrogen and oxygen atoms in total. The molecule has 0 bridgehead atoms. The van der Waals surface area contributed by atoms with Gasteiger partial charge in [0, 0.05) is 25.2 Å². The van der Waals surface area contributed by atoms with Gasteiger partial charge >= 0.3 is 0 Å². The normalized spacial score (nSPS) is 12.6. The second kappa shape index (κ2) is 8.85. The lowest BCUT2D eigenvalue weighted by molar-refractivity contribution is 0.422. The highest BCUT2D eigenvalue weighted by molar-refractivity contribution is 5.79. The molecule has 2 aromatic carbocycles. The Kier molecular flexibility index (Phi) is 6.04. The molecule has 134 valence electrons. The summed E-state index contributed by atoms with van der Waals surface area (Å²) in [6.07, 6.45) is 0. The number of hydrogen-bond donors (Lipinski definition) is 2. The molecule has 0 saturated heterocycles. The molecule has 1 atom stereocenters. The molecule has 3 rings (SSSR count). The van der Waals surface area contributed by atoms with E-state index in [1.807, 2.05) is 42.5 Å². The number of rotatable bonds is 6. The standard InChI is InChI=1S/C21H24N4O/c1-16(17-9-5-3-6-10-17)14-23-21(22-2)24-15-19-13-20(26-25-19)18-11-7-4-8-12-18/h3-13,16H,14-15H2,1-2H3,(H2,22,23,24). The summed E-state index contributed by atoms with van der Waals surface area (Å²) in [6, 6.07) is 22.3. The summed E-state index contributed by atoms with van der Waals surface area (Å²) in [5.41, 5.74) is 3.16. The molecule has 3 aromatic rings. The van der Waals surface area contributed by atoms with Crippen molar-refractivity contribution in [1.82, 2.24) is 15.8 Å². The van der Waals surface area contributed by atoms with Gasteiger partial charge in [-0.2, -0.15) is 0 Å². The Labute approximate surface area is 154 Å². The molecule has 1 heterocycles. The largest absolute Gasteiger partial charge is 0.356 e. The SMILES string of the molecule is CN=C(NCc1cc(-c2ccccc2)on1)NCC(C)c1ccccc1. The Bertz CT molecular complexity index is 827. The van der Waals surface area contributed by atoms with Crippen LogP contribution in [0.3, 0.4) is 0 Å². The van der Waals surface area contributed by atoms with Gasteiger partial charge in [-0.15, -0.1) is 0 Å². The molecule has 0 fully saturated rings. The molecule has 1 aromatic heterocycles. The van der Waals surface area contributed by atoms with Crippen molar-refractivity contribution < 1.29 is 4.52 Å². The Balaban J connectivity index is 1.51. The zero-order chi connectivity index (χ0) is 18.2. The lowest BCUT2D eigenvalue weighted by atomic mass is 10.0. The number of aliphatic imine (C=N–C) groups is 1. The van der Waals surface area contributed by atoms with Gasteiger partial charge in [0.05, 0.1) is 6.54 Å². The summed E-state index contributed by atoms with van der Waals surface area (Å²) in [6.45, 7) is 3.55. The maximum absolute atomic E-state index is 5.42. The van der Waals surface area contributed by atoms with Gasteiger partial charge in [0.2, 0.25) is 0 Å². The third-order valence-electron chi connectivity index (χ3n) is 4.22. The summed E-state index contributed by atoms with van der Waals surface area (Å²) in [5, 5.41) is 10.8. The Morgan fingerprint density at radius 2 is 1.73 bits per heavy atom. The van der Waals surface area contributed by atoms with E-state index >= 15 is 0 Å². The van der Waals surface area contributed by atoms with Gasteiger partial charge < -0.3 is 15.2 Å². The van der Waals surface area contributed by atoms with Crippen LogP contribution in [0.1, 0.15) is 24.1 Å². The summed E-state index contributed by atoms with van der Waals surface area (Å²) in [5.74, 6) is 1.91. The molecule has 5 heteroatoms. The topological polar surface area (TPSA) is 62.5 Å². The first-order chi connectivity index (χ1) is 12.8.